The number of alkyl halides is 3. The van der Waals surface area contributed by atoms with Gasteiger partial charge in [0, 0.05) is 15.9 Å². The van der Waals surface area contributed by atoms with Gasteiger partial charge in [0.15, 0.2) is 5.69 Å². The summed E-state index contributed by atoms with van der Waals surface area (Å²) in [6.45, 7) is 0.175. The summed E-state index contributed by atoms with van der Waals surface area (Å²) in [4.78, 5) is 4.98. The summed E-state index contributed by atoms with van der Waals surface area (Å²) in [6, 6.07) is 7.64. The number of thiazole rings is 1. The number of hydrogen-bond acceptors (Lipinski definition) is 4. The molecule has 1 N–H and O–H groups in total. The molecule has 2 nitrogen and oxygen atoms in total. The Morgan fingerprint density at radius 3 is 2.76 bits per heavy atom. The predicted molar refractivity (Wildman–Crippen MR) is 83.6 cm³/mol. The molecule has 0 unspecified atom stereocenters. The molecule has 0 aliphatic carbocycles. The quantitative estimate of drug-likeness (QED) is 0.724. The van der Waals surface area contributed by atoms with Crippen molar-refractivity contribution in [1.82, 2.24) is 10.3 Å². The van der Waals surface area contributed by atoms with Crippen molar-refractivity contribution in [2.75, 3.05) is 7.05 Å². The van der Waals surface area contributed by atoms with Crippen molar-refractivity contribution in [2.45, 2.75) is 23.4 Å². The van der Waals surface area contributed by atoms with E-state index in [1.165, 1.54) is 11.8 Å². The van der Waals surface area contributed by atoms with Crippen LogP contribution in [-0.2, 0) is 18.5 Å². The molecule has 0 atom stereocenters. The maximum atomic E-state index is 12.9. The van der Waals surface area contributed by atoms with Crippen molar-refractivity contribution >= 4 is 39.0 Å². The Labute approximate surface area is 137 Å². The third-order valence-corrected chi connectivity index (χ3v) is 5.24. The zero-order chi connectivity index (χ0) is 15.5. The fraction of sp³-hybridized carbons (Fsp3) is 0.308. The number of rotatable bonds is 5. The van der Waals surface area contributed by atoms with E-state index in [1.807, 2.05) is 24.3 Å². The van der Waals surface area contributed by atoms with Crippen molar-refractivity contribution in [2.24, 2.45) is 0 Å². The van der Waals surface area contributed by atoms with Crippen LogP contribution in [0.25, 0.3) is 0 Å². The van der Waals surface area contributed by atoms with Crippen molar-refractivity contribution in [1.29, 1.82) is 0 Å². The standard InChI is InChI=1S/C13H12BrF3N2S2/c1-18-6-10-12(13(15,16)17)19-11(21-10)7-20-9-4-2-3-8(14)5-9/h2-5,18H,6-7H2,1H3. The van der Waals surface area contributed by atoms with Crippen LogP contribution in [0.4, 0.5) is 13.2 Å². The van der Waals surface area contributed by atoms with E-state index in [4.69, 9.17) is 0 Å². The summed E-state index contributed by atoms with van der Waals surface area (Å²) in [5.74, 6) is 0.425. The SMILES string of the molecule is CNCc1sc(CSc2cccc(Br)c2)nc1C(F)(F)F. The van der Waals surface area contributed by atoms with Gasteiger partial charge in [-0.15, -0.1) is 23.1 Å². The molecule has 0 radical (unpaired) electrons. The van der Waals surface area contributed by atoms with E-state index >= 15 is 0 Å². The first kappa shape index (κ1) is 16.8. The molecule has 0 bridgehead atoms. The second-order valence-electron chi connectivity index (χ2n) is 4.15. The fourth-order valence-corrected chi connectivity index (χ4v) is 4.26. The lowest BCUT2D eigenvalue weighted by Crippen LogP contribution is -2.12. The summed E-state index contributed by atoms with van der Waals surface area (Å²) in [5.41, 5.74) is -0.772. The molecule has 0 amide bonds. The molecule has 1 aromatic carbocycles. The number of halogens is 4. The number of benzene rings is 1. The number of nitrogens with one attached hydrogen (secondary N) is 1. The van der Waals surface area contributed by atoms with E-state index in [0.29, 0.717) is 10.8 Å². The minimum atomic E-state index is -4.40. The fourth-order valence-electron chi connectivity index (χ4n) is 1.67. The Morgan fingerprint density at radius 1 is 1.38 bits per heavy atom. The number of hydrogen-bond donors (Lipinski definition) is 1. The molecule has 0 fully saturated rings. The number of aromatic nitrogens is 1. The first-order valence-corrected chi connectivity index (χ1v) is 8.58. The summed E-state index contributed by atoms with van der Waals surface area (Å²) in [7, 11) is 1.62. The van der Waals surface area contributed by atoms with Crippen LogP contribution in [0.3, 0.4) is 0 Å². The van der Waals surface area contributed by atoms with E-state index in [1.54, 1.807) is 7.05 Å². The zero-order valence-electron chi connectivity index (χ0n) is 11.0. The largest absolute Gasteiger partial charge is 0.434 e. The van der Waals surface area contributed by atoms with Gasteiger partial charge in [0.1, 0.15) is 5.01 Å². The topological polar surface area (TPSA) is 24.9 Å². The minimum absolute atomic E-state index is 0.175. The molecule has 1 aromatic heterocycles. The Bertz CT molecular complexity index is 614. The van der Waals surface area contributed by atoms with Gasteiger partial charge in [0.2, 0.25) is 0 Å². The van der Waals surface area contributed by atoms with Crippen LogP contribution >= 0.6 is 39.0 Å². The Kier molecular flexibility index (Phi) is 5.70. The lowest BCUT2D eigenvalue weighted by molar-refractivity contribution is -0.141. The van der Waals surface area contributed by atoms with Crippen molar-refractivity contribution < 1.29 is 13.2 Å². The highest BCUT2D eigenvalue weighted by Crippen LogP contribution is 2.36. The summed E-state index contributed by atoms with van der Waals surface area (Å²) in [5, 5.41) is 3.23. The van der Waals surface area contributed by atoms with Gasteiger partial charge in [-0.05, 0) is 25.2 Å². The predicted octanol–water partition coefficient (Wildman–Crippen LogP) is 4.94. The molecule has 0 aliphatic rings. The van der Waals surface area contributed by atoms with Crippen molar-refractivity contribution in [3.63, 3.8) is 0 Å². The maximum Gasteiger partial charge on any atom is 0.434 e. The molecular weight excluding hydrogens is 385 g/mol. The second-order valence-corrected chi connectivity index (χ2v) is 7.29. The van der Waals surface area contributed by atoms with Crippen LogP contribution in [0.1, 0.15) is 15.6 Å². The van der Waals surface area contributed by atoms with Crippen LogP contribution in [0.2, 0.25) is 0 Å². The normalized spacial score (nSPS) is 11.9. The minimum Gasteiger partial charge on any atom is -0.315 e. The first-order chi connectivity index (χ1) is 9.90. The van der Waals surface area contributed by atoms with Crippen LogP contribution in [0.5, 0.6) is 0 Å². The molecule has 8 heteroatoms. The first-order valence-electron chi connectivity index (χ1n) is 5.99. The third kappa shape index (κ3) is 4.70. The number of thioether (sulfide) groups is 1. The molecule has 21 heavy (non-hydrogen) atoms. The Morgan fingerprint density at radius 2 is 2.14 bits per heavy atom. The second kappa shape index (κ2) is 7.13. The average Bonchev–Trinajstić information content (AvgIpc) is 2.80. The lowest BCUT2D eigenvalue weighted by Gasteiger charge is -2.04. The number of nitrogens with zero attached hydrogens (tertiary/aromatic N) is 1. The van der Waals surface area contributed by atoms with Gasteiger partial charge in [-0.1, -0.05) is 22.0 Å². The highest BCUT2D eigenvalue weighted by atomic mass is 79.9. The van der Waals surface area contributed by atoms with E-state index in [2.05, 4.69) is 26.2 Å². The van der Waals surface area contributed by atoms with Gasteiger partial charge in [-0.3, -0.25) is 0 Å². The van der Waals surface area contributed by atoms with Gasteiger partial charge in [0.25, 0.3) is 0 Å². The van der Waals surface area contributed by atoms with E-state index in [-0.39, 0.29) is 11.4 Å². The Hall–Kier alpha value is -0.570. The summed E-state index contributed by atoms with van der Waals surface area (Å²) >= 11 is 5.94. The molecule has 1 heterocycles. The van der Waals surface area contributed by atoms with Gasteiger partial charge >= 0.3 is 6.18 Å². The van der Waals surface area contributed by atoms with Crippen molar-refractivity contribution in [3.05, 3.63) is 44.3 Å². The highest BCUT2D eigenvalue weighted by Gasteiger charge is 2.37. The molecule has 0 spiro atoms. The van der Waals surface area contributed by atoms with Crippen LogP contribution in [0, 0.1) is 0 Å². The maximum absolute atomic E-state index is 12.9. The average molecular weight is 397 g/mol. The van der Waals surface area contributed by atoms with Crippen molar-refractivity contribution in [3.8, 4) is 0 Å². The van der Waals surface area contributed by atoms with Crippen LogP contribution in [0.15, 0.2) is 33.6 Å². The highest BCUT2D eigenvalue weighted by molar-refractivity contribution is 9.10. The molecule has 2 rings (SSSR count). The van der Waals surface area contributed by atoms with Crippen LogP contribution in [-0.4, -0.2) is 12.0 Å². The molecule has 114 valence electrons. The molecule has 0 saturated carbocycles. The van der Waals surface area contributed by atoms with Gasteiger partial charge in [-0.2, -0.15) is 13.2 Å². The molecule has 2 aromatic rings. The summed E-state index contributed by atoms with van der Waals surface area (Å²) in [6.07, 6.45) is -4.40. The van der Waals surface area contributed by atoms with E-state index < -0.39 is 11.9 Å². The zero-order valence-corrected chi connectivity index (χ0v) is 14.2. The monoisotopic (exact) mass is 396 g/mol. The third-order valence-electron chi connectivity index (χ3n) is 2.51. The molecule has 0 aliphatic heterocycles. The van der Waals surface area contributed by atoms with E-state index in [9.17, 15) is 13.2 Å². The Balaban J connectivity index is 2.13. The van der Waals surface area contributed by atoms with Crippen LogP contribution < -0.4 is 5.32 Å². The smallest absolute Gasteiger partial charge is 0.315 e. The molecule has 0 saturated heterocycles. The summed E-state index contributed by atoms with van der Waals surface area (Å²) < 4.78 is 39.7. The lowest BCUT2D eigenvalue weighted by atomic mass is 10.3. The van der Waals surface area contributed by atoms with E-state index in [0.717, 1.165) is 20.7 Å². The van der Waals surface area contributed by atoms with Gasteiger partial charge < -0.3 is 5.32 Å². The molecular formula is C13H12BrF3N2S2. The van der Waals surface area contributed by atoms with Gasteiger partial charge in [-0.25, -0.2) is 4.98 Å². The van der Waals surface area contributed by atoms with Gasteiger partial charge in [0.05, 0.1) is 10.6 Å².